The van der Waals surface area contributed by atoms with Crippen molar-refractivity contribution in [3.63, 3.8) is 0 Å². The molecule has 0 heterocycles. The topological polar surface area (TPSA) is 47.7 Å². The van der Waals surface area contributed by atoms with E-state index in [1.54, 1.807) is 13.8 Å². The molecule has 0 atom stereocenters. The maximum Gasteiger partial charge on any atom is 0.121 e. The lowest BCUT2D eigenvalue weighted by atomic mass is 10.1. The molecule has 0 aliphatic rings. The number of benzene rings is 1. The van der Waals surface area contributed by atoms with Gasteiger partial charge in [-0.1, -0.05) is 17.7 Å². The first-order chi connectivity index (χ1) is 5.82. The standard InChI is InChI=1S/C9H13FN2S/c1-6-4-7(2)9(8(3)5-6)13(10,11)12/h4-5,11-12H,1-3H3. The summed E-state index contributed by atoms with van der Waals surface area (Å²) in [4.78, 5) is 0.248. The maximum absolute atomic E-state index is 13.2. The van der Waals surface area contributed by atoms with Crippen LogP contribution in [-0.2, 0) is 10.0 Å². The Kier molecular flexibility index (Phi) is 2.43. The summed E-state index contributed by atoms with van der Waals surface area (Å²) in [7, 11) is -3.58. The summed E-state index contributed by atoms with van der Waals surface area (Å²) in [5.41, 5.74) is 2.46. The molecule has 0 radical (unpaired) electrons. The number of hydrogen-bond acceptors (Lipinski definition) is 2. The van der Waals surface area contributed by atoms with Crippen LogP contribution in [0, 0.1) is 30.3 Å². The lowest BCUT2D eigenvalue weighted by molar-refractivity contribution is 0.878. The fourth-order valence-electron chi connectivity index (χ4n) is 1.61. The zero-order chi connectivity index (χ0) is 10.2. The predicted molar refractivity (Wildman–Crippen MR) is 52.8 cm³/mol. The van der Waals surface area contributed by atoms with Gasteiger partial charge >= 0.3 is 0 Å². The van der Waals surface area contributed by atoms with E-state index < -0.39 is 10.0 Å². The van der Waals surface area contributed by atoms with Crippen LogP contribution in [0.3, 0.4) is 0 Å². The van der Waals surface area contributed by atoms with E-state index in [9.17, 15) is 3.89 Å². The van der Waals surface area contributed by atoms with Gasteiger partial charge in [-0.2, -0.15) is 0 Å². The number of rotatable bonds is 1. The summed E-state index contributed by atoms with van der Waals surface area (Å²) in [6, 6.07) is 3.62. The van der Waals surface area contributed by atoms with Crippen molar-refractivity contribution in [1.29, 1.82) is 9.56 Å². The Hall–Kier alpha value is -0.900. The summed E-state index contributed by atoms with van der Waals surface area (Å²) in [6.45, 7) is 5.42. The summed E-state index contributed by atoms with van der Waals surface area (Å²) in [6.07, 6.45) is 0. The molecule has 1 aromatic carbocycles. The highest BCUT2D eigenvalue weighted by Gasteiger charge is 2.11. The van der Waals surface area contributed by atoms with Gasteiger partial charge in [-0.3, -0.25) is 0 Å². The third kappa shape index (κ3) is 2.06. The zero-order valence-corrected chi connectivity index (χ0v) is 8.76. The lowest BCUT2D eigenvalue weighted by Gasteiger charge is -2.10. The van der Waals surface area contributed by atoms with Crippen molar-refractivity contribution in [2.24, 2.45) is 0 Å². The summed E-state index contributed by atoms with van der Waals surface area (Å²) in [5.74, 6) is 0. The molecule has 0 bridgehead atoms. The van der Waals surface area contributed by atoms with E-state index in [4.69, 9.17) is 9.56 Å². The molecular formula is C9H13FN2S. The van der Waals surface area contributed by atoms with E-state index in [0.29, 0.717) is 11.1 Å². The molecule has 72 valence electrons. The highest BCUT2D eigenvalue weighted by atomic mass is 32.2. The van der Waals surface area contributed by atoms with Crippen LogP contribution in [0.25, 0.3) is 0 Å². The van der Waals surface area contributed by atoms with Crippen molar-refractivity contribution in [3.8, 4) is 0 Å². The Labute approximate surface area is 78.5 Å². The molecule has 0 saturated carbocycles. The molecule has 1 aromatic rings. The van der Waals surface area contributed by atoms with Gasteiger partial charge in [0.15, 0.2) is 0 Å². The second-order valence-corrected chi connectivity index (χ2v) is 4.75. The molecule has 1 rings (SSSR count). The van der Waals surface area contributed by atoms with Gasteiger partial charge in [-0.15, -0.1) is 3.89 Å². The van der Waals surface area contributed by atoms with Gasteiger partial charge in [-0.05, 0) is 31.9 Å². The Balaban J connectivity index is 3.57. The maximum atomic E-state index is 13.2. The highest BCUT2D eigenvalue weighted by molar-refractivity contribution is 7.88. The van der Waals surface area contributed by atoms with Crippen LogP contribution >= 0.6 is 0 Å². The summed E-state index contributed by atoms with van der Waals surface area (Å²) >= 11 is 0. The third-order valence-corrected chi connectivity index (χ3v) is 3.09. The molecule has 0 fully saturated rings. The van der Waals surface area contributed by atoms with E-state index >= 15 is 0 Å². The van der Waals surface area contributed by atoms with Crippen LogP contribution in [0.1, 0.15) is 16.7 Å². The molecule has 2 nitrogen and oxygen atoms in total. The molecule has 0 aromatic heterocycles. The van der Waals surface area contributed by atoms with Gasteiger partial charge < -0.3 is 0 Å². The second kappa shape index (κ2) is 3.10. The first-order valence-corrected chi connectivity index (χ1v) is 5.45. The van der Waals surface area contributed by atoms with Gasteiger partial charge in [0.2, 0.25) is 0 Å². The largest absolute Gasteiger partial charge is 0.240 e. The van der Waals surface area contributed by atoms with Crippen LogP contribution in [0.15, 0.2) is 17.0 Å². The van der Waals surface area contributed by atoms with E-state index in [1.165, 1.54) is 0 Å². The monoisotopic (exact) mass is 200 g/mol. The number of aryl methyl sites for hydroxylation is 3. The van der Waals surface area contributed by atoms with Crippen LogP contribution in [-0.4, -0.2) is 0 Å². The number of halogens is 1. The van der Waals surface area contributed by atoms with Gasteiger partial charge in [0.1, 0.15) is 10.0 Å². The second-order valence-electron chi connectivity index (χ2n) is 3.27. The summed E-state index contributed by atoms with van der Waals surface area (Å²) in [5, 5.41) is 0. The third-order valence-electron chi connectivity index (χ3n) is 1.89. The van der Waals surface area contributed by atoms with Crippen LogP contribution in [0.5, 0.6) is 0 Å². The molecule has 2 N–H and O–H groups in total. The average molecular weight is 200 g/mol. The Morgan fingerprint density at radius 3 is 1.77 bits per heavy atom. The fraction of sp³-hybridized carbons (Fsp3) is 0.333. The Morgan fingerprint density at radius 2 is 1.46 bits per heavy atom. The molecular weight excluding hydrogens is 187 g/mol. The van der Waals surface area contributed by atoms with Crippen molar-refractivity contribution in [3.05, 3.63) is 28.8 Å². The van der Waals surface area contributed by atoms with Crippen molar-refractivity contribution >= 4 is 10.0 Å². The van der Waals surface area contributed by atoms with E-state index in [2.05, 4.69) is 0 Å². The molecule has 0 unspecified atom stereocenters. The number of nitrogens with one attached hydrogen (secondary N) is 2. The van der Waals surface area contributed by atoms with E-state index in [0.717, 1.165) is 5.56 Å². The molecule has 0 saturated heterocycles. The smallest absolute Gasteiger partial charge is 0.121 e. The van der Waals surface area contributed by atoms with Crippen molar-refractivity contribution in [1.82, 2.24) is 0 Å². The van der Waals surface area contributed by atoms with Gasteiger partial charge in [0, 0.05) is 0 Å². The first-order valence-electron chi connectivity index (χ1n) is 3.92. The van der Waals surface area contributed by atoms with Crippen LogP contribution < -0.4 is 0 Å². The Bertz CT molecular complexity index is 412. The minimum absolute atomic E-state index is 0.248. The van der Waals surface area contributed by atoms with Crippen molar-refractivity contribution in [2.45, 2.75) is 25.7 Å². The van der Waals surface area contributed by atoms with Crippen LogP contribution in [0.2, 0.25) is 0 Å². The lowest BCUT2D eigenvalue weighted by Crippen LogP contribution is -1.96. The minimum Gasteiger partial charge on any atom is -0.240 e. The molecule has 4 heteroatoms. The molecule has 0 aliphatic carbocycles. The van der Waals surface area contributed by atoms with E-state index in [-0.39, 0.29) is 4.90 Å². The average Bonchev–Trinajstić information content (AvgIpc) is 1.78. The van der Waals surface area contributed by atoms with E-state index in [1.807, 2.05) is 19.1 Å². The SMILES string of the molecule is Cc1cc(C)c(S(=N)(=N)F)c(C)c1. The van der Waals surface area contributed by atoms with Crippen LogP contribution in [0.4, 0.5) is 3.89 Å². The number of hydrogen-bond donors (Lipinski definition) is 2. The van der Waals surface area contributed by atoms with Gasteiger partial charge in [0.05, 0.1) is 4.90 Å². The fourth-order valence-corrected chi connectivity index (χ4v) is 2.62. The molecule has 0 aliphatic heterocycles. The molecule has 13 heavy (non-hydrogen) atoms. The molecule has 0 amide bonds. The van der Waals surface area contributed by atoms with Gasteiger partial charge in [0.25, 0.3) is 0 Å². The van der Waals surface area contributed by atoms with Gasteiger partial charge in [-0.25, -0.2) is 9.56 Å². The molecule has 0 spiro atoms. The van der Waals surface area contributed by atoms with Crippen molar-refractivity contribution in [2.75, 3.05) is 0 Å². The quantitative estimate of drug-likeness (QED) is 0.696. The first kappa shape index (κ1) is 10.2. The zero-order valence-electron chi connectivity index (χ0n) is 7.94. The Morgan fingerprint density at radius 1 is 1.08 bits per heavy atom. The highest BCUT2D eigenvalue weighted by Crippen LogP contribution is 2.24. The minimum atomic E-state index is -3.58. The normalized spacial score (nSPS) is 11.7. The predicted octanol–water partition coefficient (Wildman–Crippen LogP) is 3.53. The summed E-state index contributed by atoms with van der Waals surface area (Å²) < 4.78 is 27.4. The van der Waals surface area contributed by atoms with Crippen molar-refractivity contribution < 1.29 is 3.89 Å².